The minimum atomic E-state index is -4.88. The van der Waals surface area contributed by atoms with Gasteiger partial charge < -0.3 is 5.11 Å². The first kappa shape index (κ1) is 28.7. The van der Waals surface area contributed by atoms with E-state index in [9.17, 15) is 34.9 Å². The van der Waals surface area contributed by atoms with Gasteiger partial charge in [-0.2, -0.15) is 32.2 Å². The highest BCUT2D eigenvalue weighted by atomic mass is 32.2. The van der Waals surface area contributed by atoms with Gasteiger partial charge >= 0.3 is 0 Å². The van der Waals surface area contributed by atoms with E-state index < -0.39 is 46.6 Å². The Balaban J connectivity index is 1.61. The van der Waals surface area contributed by atoms with Gasteiger partial charge in [0.25, 0.3) is 20.2 Å². The van der Waals surface area contributed by atoms with Crippen molar-refractivity contribution in [2.75, 3.05) is 11.0 Å². The fourth-order valence-corrected chi connectivity index (χ4v) is 5.11. The Hall–Kier alpha value is -4.29. The largest absolute Gasteiger partial charge is 0.505 e. The Kier molecular flexibility index (Phi) is 7.68. The number of aromatic hydroxyl groups is 1. The molecule has 4 aromatic rings. The second-order valence-electron chi connectivity index (χ2n) is 8.24. The van der Waals surface area contributed by atoms with Crippen LogP contribution >= 0.6 is 0 Å². The number of nitrogens with one attached hydrogen (secondary N) is 1. The lowest BCUT2D eigenvalue weighted by Crippen LogP contribution is -2.09. The molecule has 0 bridgehead atoms. The Bertz CT molecular complexity index is 1990. The number of rotatable bonds is 8. The molecule has 0 saturated heterocycles. The number of azo groups is 2. The molecule has 0 aromatic heterocycles. The molecule has 0 heterocycles. The van der Waals surface area contributed by atoms with E-state index in [1.165, 1.54) is 66.7 Å². The standard InChI is InChI=1S/C23H19N5O9S3/c1-38(30,31)28-18-8-11-20-14(12-18)13-21(40(35,36)37)22(23(20)29)27-26-16-4-2-15(3-5-16)24-25-17-6-9-19(10-7-17)39(32,33)34/h2-13,28-29H,1H3,(H,32,33,34)(H,35,36,37)/b25-24+,27-26+. The molecular formula is C23H19N5O9S3. The van der Waals surface area contributed by atoms with E-state index in [0.717, 1.165) is 12.3 Å². The van der Waals surface area contributed by atoms with Crippen LogP contribution in [0.1, 0.15) is 0 Å². The molecule has 0 fully saturated rings. The van der Waals surface area contributed by atoms with Gasteiger partial charge in [-0.25, -0.2) is 8.42 Å². The van der Waals surface area contributed by atoms with Crippen molar-refractivity contribution in [3.8, 4) is 5.75 Å². The van der Waals surface area contributed by atoms with Crippen molar-refractivity contribution in [2.45, 2.75) is 9.79 Å². The number of phenols is 1. The van der Waals surface area contributed by atoms with E-state index in [1.807, 2.05) is 0 Å². The van der Waals surface area contributed by atoms with Crippen LogP contribution in [-0.2, 0) is 30.3 Å². The number of phenolic OH excluding ortho intramolecular Hbond substituents is 1. The highest BCUT2D eigenvalue weighted by molar-refractivity contribution is 7.92. The fraction of sp³-hybridized carbons (Fsp3) is 0.0435. The number of hydrogen-bond donors (Lipinski definition) is 4. The molecule has 0 saturated carbocycles. The maximum atomic E-state index is 12.0. The van der Waals surface area contributed by atoms with Crippen LogP contribution in [0.25, 0.3) is 10.8 Å². The van der Waals surface area contributed by atoms with Crippen LogP contribution in [0, 0.1) is 0 Å². The molecule has 40 heavy (non-hydrogen) atoms. The Morgan fingerprint density at radius 1 is 0.650 bits per heavy atom. The zero-order chi connectivity index (χ0) is 29.3. The van der Waals surface area contributed by atoms with Crippen LogP contribution in [-0.4, -0.2) is 45.7 Å². The number of benzene rings is 4. The maximum absolute atomic E-state index is 12.0. The summed E-state index contributed by atoms with van der Waals surface area (Å²) in [5.74, 6) is -0.606. The lowest BCUT2D eigenvalue weighted by Gasteiger charge is -2.10. The van der Waals surface area contributed by atoms with Crippen molar-refractivity contribution in [1.29, 1.82) is 0 Å². The van der Waals surface area contributed by atoms with Crippen LogP contribution in [0.3, 0.4) is 0 Å². The first-order chi connectivity index (χ1) is 18.6. The molecule has 0 aliphatic heterocycles. The Morgan fingerprint density at radius 3 is 1.62 bits per heavy atom. The highest BCUT2D eigenvalue weighted by Gasteiger charge is 2.22. The molecule has 4 rings (SSSR count). The van der Waals surface area contributed by atoms with Crippen LogP contribution in [0.4, 0.5) is 28.4 Å². The summed E-state index contributed by atoms with van der Waals surface area (Å²) in [6.45, 7) is 0. The molecule has 4 aromatic carbocycles. The molecule has 0 unspecified atom stereocenters. The first-order valence-electron chi connectivity index (χ1n) is 10.9. The van der Waals surface area contributed by atoms with Crippen molar-refractivity contribution in [1.82, 2.24) is 0 Å². The third kappa shape index (κ3) is 7.01. The third-order valence-electron chi connectivity index (χ3n) is 5.16. The lowest BCUT2D eigenvalue weighted by molar-refractivity contribution is 0.472. The predicted molar refractivity (Wildman–Crippen MR) is 145 cm³/mol. The minimum absolute atomic E-state index is 0.109. The van der Waals surface area contributed by atoms with E-state index in [2.05, 4.69) is 25.2 Å². The first-order valence-corrected chi connectivity index (χ1v) is 15.6. The van der Waals surface area contributed by atoms with Gasteiger partial charge in [0.2, 0.25) is 10.0 Å². The number of nitrogens with zero attached hydrogens (tertiary/aromatic N) is 4. The van der Waals surface area contributed by atoms with Crippen molar-refractivity contribution in [2.24, 2.45) is 20.5 Å². The van der Waals surface area contributed by atoms with Crippen LogP contribution in [0.5, 0.6) is 5.75 Å². The molecule has 0 aliphatic rings. The van der Waals surface area contributed by atoms with Crippen molar-refractivity contribution in [3.05, 3.63) is 72.8 Å². The SMILES string of the molecule is CS(=O)(=O)Nc1ccc2c(O)c(/N=N/c3ccc(/N=N/c4ccc(S(=O)(=O)O)cc4)cc3)c(S(=O)(=O)O)cc2c1. The van der Waals surface area contributed by atoms with Gasteiger partial charge in [0.05, 0.1) is 28.2 Å². The highest BCUT2D eigenvalue weighted by Crippen LogP contribution is 2.42. The number of hydrogen-bond acceptors (Lipinski definition) is 11. The van der Waals surface area contributed by atoms with E-state index in [0.29, 0.717) is 11.4 Å². The predicted octanol–water partition coefficient (Wildman–Crippen LogP) is 5.24. The van der Waals surface area contributed by atoms with Gasteiger partial charge in [-0.15, -0.1) is 5.11 Å². The van der Waals surface area contributed by atoms with Crippen molar-refractivity contribution >= 4 is 69.5 Å². The summed E-state index contributed by atoms with van der Waals surface area (Å²) < 4.78 is 90.3. The smallest absolute Gasteiger partial charge is 0.296 e. The van der Waals surface area contributed by atoms with E-state index in [1.54, 1.807) is 0 Å². The maximum Gasteiger partial charge on any atom is 0.296 e. The molecule has 14 nitrogen and oxygen atoms in total. The number of sulfonamides is 1. The zero-order valence-electron chi connectivity index (χ0n) is 20.2. The average molecular weight is 606 g/mol. The number of fused-ring (bicyclic) bond motifs is 1. The van der Waals surface area contributed by atoms with E-state index in [4.69, 9.17) is 4.55 Å². The van der Waals surface area contributed by atoms with Crippen molar-refractivity contribution < 1.29 is 39.5 Å². The van der Waals surface area contributed by atoms with Gasteiger partial charge in [-0.3, -0.25) is 13.8 Å². The molecule has 0 radical (unpaired) electrons. The fourth-order valence-electron chi connectivity index (χ4n) is 3.42. The molecule has 208 valence electrons. The minimum Gasteiger partial charge on any atom is -0.505 e. The third-order valence-corrected chi connectivity index (χ3v) is 7.50. The molecule has 4 N–H and O–H groups in total. The Labute approximate surface area is 228 Å². The molecule has 0 amide bonds. The normalized spacial score (nSPS) is 12.9. The topological polar surface area (TPSA) is 225 Å². The summed E-state index contributed by atoms with van der Waals surface area (Å²) in [7, 11) is -12.8. The zero-order valence-corrected chi connectivity index (χ0v) is 22.7. The van der Waals surface area contributed by atoms with Crippen LogP contribution < -0.4 is 4.72 Å². The average Bonchev–Trinajstić information content (AvgIpc) is 2.85. The van der Waals surface area contributed by atoms with Crippen LogP contribution in [0.15, 0.2) is 103 Å². The molecule has 0 aliphatic carbocycles. The van der Waals surface area contributed by atoms with Gasteiger partial charge in [0.1, 0.15) is 10.6 Å². The molecule has 0 spiro atoms. The lowest BCUT2D eigenvalue weighted by atomic mass is 10.1. The van der Waals surface area contributed by atoms with Gasteiger partial charge in [0.15, 0.2) is 5.75 Å². The molecular weight excluding hydrogens is 586 g/mol. The van der Waals surface area contributed by atoms with Crippen molar-refractivity contribution in [3.63, 3.8) is 0 Å². The molecule has 0 atom stereocenters. The molecule has 17 heteroatoms. The number of anilines is 1. The van der Waals surface area contributed by atoms with Crippen LogP contribution in [0.2, 0.25) is 0 Å². The second kappa shape index (κ2) is 10.7. The quantitative estimate of drug-likeness (QED) is 0.152. The summed E-state index contributed by atoms with van der Waals surface area (Å²) >= 11 is 0. The van der Waals surface area contributed by atoms with E-state index >= 15 is 0 Å². The summed E-state index contributed by atoms with van der Waals surface area (Å²) in [5.41, 5.74) is 0.502. The second-order valence-corrected chi connectivity index (χ2v) is 12.8. The van der Waals surface area contributed by atoms with Gasteiger partial charge in [0, 0.05) is 11.1 Å². The summed E-state index contributed by atoms with van der Waals surface area (Å²) in [5, 5.41) is 26.7. The summed E-state index contributed by atoms with van der Waals surface area (Å²) in [4.78, 5) is -1.03. The monoisotopic (exact) mass is 605 g/mol. The van der Waals surface area contributed by atoms with Gasteiger partial charge in [-0.05, 0) is 78.2 Å². The van der Waals surface area contributed by atoms with Gasteiger partial charge in [-0.1, -0.05) is 0 Å². The van der Waals surface area contributed by atoms with E-state index in [-0.39, 0.29) is 27.0 Å². The summed E-state index contributed by atoms with van der Waals surface area (Å²) in [6, 6.07) is 16.0. The Morgan fingerprint density at radius 2 is 1.15 bits per heavy atom. The summed E-state index contributed by atoms with van der Waals surface area (Å²) in [6.07, 6.45) is 0.935.